The highest BCUT2D eigenvalue weighted by molar-refractivity contribution is 5.91. The summed E-state index contributed by atoms with van der Waals surface area (Å²) in [5.41, 5.74) is 2.75. The van der Waals surface area contributed by atoms with Crippen LogP contribution in [0.5, 0.6) is 5.75 Å². The first-order valence-corrected chi connectivity index (χ1v) is 8.58. The SMILES string of the molecule is CCCN(CCO)C(=O)Nc1ccc(C)cc1OCc1ccccc1. The number of benzene rings is 2. The topological polar surface area (TPSA) is 61.8 Å². The highest BCUT2D eigenvalue weighted by Gasteiger charge is 2.14. The summed E-state index contributed by atoms with van der Waals surface area (Å²) < 4.78 is 5.92. The standard InChI is InChI=1S/C20H26N2O3/c1-3-11-22(12-13-23)20(24)21-18-10-9-16(2)14-19(18)25-15-17-7-5-4-6-8-17/h4-10,14,23H,3,11-13,15H2,1-2H3,(H,21,24). The van der Waals surface area contributed by atoms with Crippen molar-refractivity contribution >= 4 is 11.7 Å². The quantitative estimate of drug-likeness (QED) is 0.767. The average Bonchev–Trinajstić information content (AvgIpc) is 2.62. The Morgan fingerprint density at radius 3 is 2.60 bits per heavy atom. The van der Waals surface area contributed by atoms with Crippen molar-refractivity contribution in [3.63, 3.8) is 0 Å². The summed E-state index contributed by atoms with van der Waals surface area (Å²) in [6.45, 7) is 5.26. The minimum Gasteiger partial charge on any atom is -0.487 e. The molecule has 0 fully saturated rings. The fraction of sp³-hybridized carbons (Fsp3) is 0.350. The lowest BCUT2D eigenvalue weighted by molar-refractivity contribution is 0.188. The highest BCUT2D eigenvalue weighted by atomic mass is 16.5. The van der Waals surface area contributed by atoms with Gasteiger partial charge in [-0.15, -0.1) is 0 Å². The lowest BCUT2D eigenvalue weighted by atomic mass is 10.2. The summed E-state index contributed by atoms with van der Waals surface area (Å²) in [5, 5.41) is 12.0. The molecule has 0 aromatic heterocycles. The van der Waals surface area contributed by atoms with Crippen LogP contribution in [0.3, 0.4) is 0 Å². The second kappa shape index (κ2) is 9.69. The molecule has 2 rings (SSSR count). The number of aliphatic hydroxyl groups is 1. The van der Waals surface area contributed by atoms with Gasteiger partial charge in [-0.3, -0.25) is 0 Å². The number of hydrogen-bond donors (Lipinski definition) is 2. The maximum absolute atomic E-state index is 12.5. The van der Waals surface area contributed by atoms with E-state index < -0.39 is 0 Å². The molecule has 5 nitrogen and oxygen atoms in total. The van der Waals surface area contributed by atoms with Gasteiger partial charge in [0.15, 0.2) is 0 Å². The minimum absolute atomic E-state index is 0.0569. The molecule has 25 heavy (non-hydrogen) atoms. The van der Waals surface area contributed by atoms with Gasteiger partial charge in [0.05, 0.1) is 12.3 Å². The number of rotatable bonds is 8. The van der Waals surface area contributed by atoms with E-state index in [4.69, 9.17) is 9.84 Å². The Labute approximate surface area is 149 Å². The molecule has 0 aliphatic heterocycles. The molecule has 0 unspecified atom stereocenters. The molecule has 0 aliphatic carbocycles. The molecule has 0 spiro atoms. The fourth-order valence-corrected chi connectivity index (χ4v) is 2.49. The maximum atomic E-state index is 12.5. The van der Waals surface area contributed by atoms with Crippen molar-refractivity contribution < 1.29 is 14.6 Å². The Hall–Kier alpha value is -2.53. The summed E-state index contributed by atoms with van der Waals surface area (Å²) in [6, 6.07) is 15.3. The van der Waals surface area contributed by atoms with Crippen molar-refractivity contribution in [1.82, 2.24) is 4.90 Å². The Morgan fingerprint density at radius 2 is 1.92 bits per heavy atom. The zero-order valence-corrected chi connectivity index (χ0v) is 14.9. The normalized spacial score (nSPS) is 10.4. The number of aliphatic hydroxyl groups excluding tert-OH is 1. The number of ether oxygens (including phenoxy) is 1. The van der Waals surface area contributed by atoms with Crippen LogP contribution in [-0.4, -0.2) is 35.7 Å². The van der Waals surface area contributed by atoms with Crippen LogP contribution in [0.25, 0.3) is 0 Å². The Balaban J connectivity index is 2.10. The summed E-state index contributed by atoms with van der Waals surface area (Å²) in [7, 11) is 0. The Kier molecular flexibility index (Phi) is 7.29. The van der Waals surface area contributed by atoms with Gasteiger partial charge in [0.25, 0.3) is 0 Å². The van der Waals surface area contributed by atoms with Crippen molar-refractivity contribution in [3.8, 4) is 5.75 Å². The van der Waals surface area contributed by atoms with Crippen LogP contribution in [0.1, 0.15) is 24.5 Å². The molecular formula is C20H26N2O3. The van der Waals surface area contributed by atoms with Gasteiger partial charge in [0, 0.05) is 13.1 Å². The smallest absolute Gasteiger partial charge is 0.322 e. The van der Waals surface area contributed by atoms with E-state index in [1.807, 2.05) is 62.4 Å². The number of carbonyl (C=O) groups excluding carboxylic acids is 1. The third kappa shape index (κ3) is 5.80. The van der Waals surface area contributed by atoms with Crippen LogP contribution in [0.15, 0.2) is 48.5 Å². The average molecular weight is 342 g/mol. The number of anilines is 1. The van der Waals surface area contributed by atoms with Gasteiger partial charge in [-0.1, -0.05) is 43.3 Å². The highest BCUT2D eigenvalue weighted by Crippen LogP contribution is 2.27. The predicted molar refractivity (Wildman–Crippen MR) is 99.9 cm³/mol. The molecule has 2 amide bonds. The van der Waals surface area contributed by atoms with Gasteiger partial charge >= 0.3 is 6.03 Å². The van der Waals surface area contributed by atoms with E-state index in [2.05, 4.69) is 5.32 Å². The number of urea groups is 1. The minimum atomic E-state index is -0.232. The largest absolute Gasteiger partial charge is 0.487 e. The van der Waals surface area contributed by atoms with Crippen LogP contribution in [-0.2, 0) is 6.61 Å². The molecule has 2 aromatic rings. The summed E-state index contributed by atoms with van der Waals surface area (Å²) in [4.78, 5) is 14.1. The van der Waals surface area contributed by atoms with E-state index >= 15 is 0 Å². The van der Waals surface area contributed by atoms with E-state index in [1.165, 1.54) is 0 Å². The molecule has 2 aromatic carbocycles. The zero-order valence-electron chi connectivity index (χ0n) is 14.9. The van der Waals surface area contributed by atoms with E-state index in [-0.39, 0.29) is 12.6 Å². The maximum Gasteiger partial charge on any atom is 0.322 e. The van der Waals surface area contributed by atoms with E-state index in [0.29, 0.717) is 31.1 Å². The number of aryl methyl sites for hydroxylation is 1. The molecule has 0 saturated carbocycles. The number of nitrogens with one attached hydrogen (secondary N) is 1. The molecule has 0 saturated heterocycles. The summed E-state index contributed by atoms with van der Waals surface area (Å²) in [6.07, 6.45) is 0.832. The summed E-state index contributed by atoms with van der Waals surface area (Å²) >= 11 is 0. The van der Waals surface area contributed by atoms with Crippen molar-refractivity contribution in [3.05, 3.63) is 59.7 Å². The molecule has 134 valence electrons. The third-order valence-corrected chi connectivity index (χ3v) is 3.77. The van der Waals surface area contributed by atoms with Gasteiger partial charge < -0.3 is 20.1 Å². The number of hydrogen-bond acceptors (Lipinski definition) is 3. The number of carbonyl (C=O) groups is 1. The molecule has 0 aliphatic rings. The number of nitrogens with zero attached hydrogens (tertiary/aromatic N) is 1. The lowest BCUT2D eigenvalue weighted by Gasteiger charge is -2.22. The Morgan fingerprint density at radius 1 is 1.16 bits per heavy atom. The molecular weight excluding hydrogens is 316 g/mol. The first-order chi connectivity index (χ1) is 12.1. The molecule has 2 N–H and O–H groups in total. The van der Waals surface area contributed by atoms with Crippen LogP contribution in [0.4, 0.5) is 10.5 Å². The van der Waals surface area contributed by atoms with Crippen molar-refractivity contribution in [2.24, 2.45) is 0 Å². The van der Waals surface area contributed by atoms with Gasteiger partial charge in [-0.2, -0.15) is 0 Å². The third-order valence-electron chi connectivity index (χ3n) is 3.77. The van der Waals surface area contributed by atoms with E-state index in [1.54, 1.807) is 4.90 Å². The summed E-state index contributed by atoms with van der Waals surface area (Å²) in [5.74, 6) is 0.637. The monoisotopic (exact) mass is 342 g/mol. The molecule has 0 radical (unpaired) electrons. The predicted octanol–water partition coefficient (Wildman–Crippen LogP) is 3.81. The van der Waals surface area contributed by atoms with Gasteiger partial charge in [0.1, 0.15) is 12.4 Å². The fourth-order valence-electron chi connectivity index (χ4n) is 2.49. The van der Waals surface area contributed by atoms with E-state index in [0.717, 1.165) is 17.5 Å². The van der Waals surface area contributed by atoms with Crippen molar-refractivity contribution in [1.29, 1.82) is 0 Å². The van der Waals surface area contributed by atoms with Gasteiger partial charge in [-0.05, 0) is 36.6 Å². The first-order valence-electron chi connectivity index (χ1n) is 8.58. The van der Waals surface area contributed by atoms with Crippen LogP contribution >= 0.6 is 0 Å². The second-order valence-electron chi connectivity index (χ2n) is 5.91. The first kappa shape index (κ1) is 18.8. The zero-order chi connectivity index (χ0) is 18.1. The Bertz CT molecular complexity index is 668. The molecule has 0 heterocycles. The van der Waals surface area contributed by atoms with Crippen molar-refractivity contribution in [2.75, 3.05) is 25.0 Å². The number of amides is 2. The van der Waals surface area contributed by atoms with E-state index in [9.17, 15) is 4.79 Å². The van der Waals surface area contributed by atoms with Crippen LogP contribution < -0.4 is 10.1 Å². The second-order valence-corrected chi connectivity index (χ2v) is 5.91. The molecule has 0 atom stereocenters. The van der Waals surface area contributed by atoms with Gasteiger partial charge in [0.2, 0.25) is 0 Å². The van der Waals surface area contributed by atoms with Crippen LogP contribution in [0, 0.1) is 6.92 Å². The van der Waals surface area contributed by atoms with Crippen LogP contribution in [0.2, 0.25) is 0 Å². The molecule has 0 bridgehead atoms. The molecule has 5 heteroatoms. The van der Waals surface area contributed by atoms with Gasteiger partial charge in [-0.25, -0.2) is 4.79 Å². The van der Waals surface area contributed by atoms with Crippen molar-refractivity contribution in [2.45, 2.75) is 26.9 Å². The lowest BCUT2D eigenvalue weighted by Crippen LogP contribution is -2.37.